The summed E-state index contributed by atoms with van der Waals surface area (Å²) in [6.07, 6.45) is 2.23. The van der Waals surface area contributed by atoms with Gasteiger partial charge in [0.25, 0.3) is 0 Å². The second kappa shape index (κ2) is 8.04. The van der Waals surface area contributed by atoms with Crippen LogP contribution in [-0.2, 0) is 6.42 Å². The summed E-state index contributed by atoms with van der Waals surface area (Å²) in [5.74, 6) is 2.50. The minimum atomic E-state index is 0.543. The summed E-state index contributed by atoms with van der Waals surface area (Å²) in [6.45, 7) is 8.46. The Hall–Kier alpha value is -1.52. The highest BCUT2D eigenvalue weighted by molar-refractivity contribution is 7.09. The monoisotopic (exact) mass is 345 g/mol. The van der Waals surface area contributed by atoms with Gasteiger partial charge in [-0.15, -0.1) is 11.3 Å². The van der Waals surface area contributed by atoms with Gasteiger partial charge in [0, 0.05) is 29.4 Å². The van der Waals surface area contributed by atoms with E-state index in [1.807, 2.05) is 11.3 Å². The average molecular weight is 346 g/mol. The van der Waals surface area contributed by atoms with Crippen molar-refractivity contribution in [1.29, 1.82) is 0 Å². The van der Waals surface area contributed by atoms with Crippen LogP contribution in [0.3, 0.4) is 0 Å². The van der Waals surface area contributed by atoms with Gasteiger partial charge in [-0.05, 0) is 49.4 Å². The fourth-order valence-corrected chi connectivity index (χ4v) is 4.19. The first kappa shape index (κ1) is 17.3. The molecule has 1 unspecified atom stereocenters. The fraction of sp³-hybridized carbons (Fsp3) is 0.500. The number of nitrogens with zero attached hydrogens (tertiary/aromatic N) is 1. The molecule has 2 heterocycles. The van der Waals surface area contributed by atoms with Crippen LogP contribution in [0.15, 0.2) is 29.6 Å². The maximum atomic E-state index is 5.96. The number of likely N-dealkylation sites (N-methyl/N-ethyl adjacent to an activating group) is 1. The maximum absolute atomic E-state index is 5.96. The van der Waals surface area contributed by atoms with Crippen LogP contribution in [0.5, 0.6) is 11.5 Å². The van der Waals surface area contributed by atoms with Gasteiger partial charge >= 0.3 is 0 Å². The molecule has 4 heteroatoms. The molecular formula is C20H27NO2S. The van der Waals surface area contributed by atoms with Crippen molar-refractivity contribution >= 4 is 11.3 Å². The Bertz CT molecular complexity index is 654. The third-order valence-electron chi connectivity index (χ3n) is 4.94. The van der Waals surface area contributed by atoms with Gasteiger partial charge < -0.3 is 14.4 Å². The lowest BCUT2D eigenvalue weighted by atomic mass is 9.90. The van der Waals surface area contributed by atoms with Crippen molar-refractivity contribution in [2.75, 3.05) is 33.4 Å². The third-order valence-corrected chi connectivity index (χ3v) is 5.88. The molecule has 0 bridgehead atoms. The van der Waals surface area contributed by atoms with Crippen LogP contribution in [0.2, 0.25) is 0 Å². The quantitative estimate of drug-likeness (QED) is 0.738. The van der Waals surface area contributed by atoms with Crippen molar-refractivity contribution in [2.45, 2.75) is 32.6 Å². The van der Waals surface area contributed by atoms with Gasteiger partial charge in [0.05, 0.1) is 13.7 Å². The molecule has 1 aliphatic rings. The Kier molecular flexibility index (Phi) is 5.80. The Balaban J connectivity index is 1.70. The number of methoxy groups -OCH3 is 1. The summed E-state index contributed by atoms with van der Waals surface area (Å²) in [4.78, 5) is 4.04. The third kappa shape index (κ3) is 3.76. The SMILES string of the molecule is CCN(CCc1cccs1)CC1CCOc2c1ccc(OC)c2C. The Morgan fingerprint density at radius 3 is 2.92 bits per heavy atom. The van der Waals surface area contributed by atoms with Crippen LogP contribution in [0.1, 0.15) is 35.3 Å². The molecule has 0 amide bonds. The lowest BCUT2D eigenvalue weighted by molar-refractivity contribution is 0.216. The molecule has 130 valence electrons. The number of hydrogen-bond donors (Lipinski definition) is 0. The first-order valence-corrected chi connectivity index (χ1v) is 9.66. The van der Waals surface area contributed by atoms with Gasteiger partial charge in [0.1, 0.15) is 11.5 Å². The van der Waals surface area contributed by atoms with Gasteiger partial charge in [-0.2, -0.15) is 0 Å². The summed E-state index contributed by atoms with van der Waals surface area (Å²) in [7, 11) is 1.72. The summed E-state index contributed by atoms with van der Waals surface area (Å²) in [5.41, 5.74) is 2.47. The Morgan fingerprint density at radius 1 is 1.33 bits per heavy atom. The maximum Gasteiger partial charge on any atom is 0.129 e. The average Bonchev–Trinajstić information content (AvgIpc) is 3.13. The van der Waals surface area contributed by atoms with Crippen LogP contribution in [0, 0.1) is 6.92 Å². The number of ether oxygens (including phenoxy) is 2. The molecule has 0 saturated heterocycles. The van der Waals surface area contributed by atoms with E-state index in [4.69, 9.17) is 9.47 Å². The molecule has 0 spiro atoms. The standard InChI is InChI=1S/C20H27NO2S/c1-4-21(11-9-17-6-5-13-24-17)14-16-10-12-23-20-15(2)19(22-3)8-7-18(16)20/h5-8,13,16H,4,9-12,14H2,1-3H3. The van der Waals surface area contributed by atoms with E-state index in [0.717, 1.165) is 56.1 Å². The van der Waals surface area contributed by atoms with E-state index in [1.54, 1.807) is 7.11 Å². The number of fused-ring (bicyclic) bond motifs is 1. The zero-order chi connectivity index (χ0) is 16.9. The van der Waals surface area contributed by atoms with E-state index < -0.39 is 0 Å². The molecule has 24 heavy (non-hydrogen) atoms. The second-order valence-corrected chi connectivity index (χ2v) is 7.40. The molecule has 1 aromatic heterocycles. The molecular weight excluding hydrogens is 318 g/mol. The van der Waals surface area contributed by atoms with Crippen LogP contribution in [0.4, 0.5) is 0 Å². The molecule has 0 N–H and O–H groups in total. The van der Waals surface area contributed by atoms with Gasteiger partial charge in [-0.25, -0.2) is 0 Å². The highest BCUT2D eigenvalue weighted by Gasteiger charge is 2.25. The molecule has 0 radical (unpaired) electrons. The smallest absolute Gasteiger partial charge is 0.129 e. The normalized spacial score (nSPS) is 16.8. The molecule has 1 atom stereocenters. The number of hydrogen-bond acceptors (Lipinski definition) is 4. The van der Waals surface area contributed by atoms with Crippen LogP contribution >= 0.6 is 11.3 Å². The molecule has 3 nitrogen and oxygen atoms in total. The van der Waals surface area contributed by atoms with E-state index in [0.29, 0.717) is 5.92 Å². The minimum Gasteiger partial charge on any atom is -0.496 e. The number of thiophene rings is 1. The van der Waals surface area contributed by atoms with E-state index in [-0.39, 0.29) is 0 Å². The highest BCUT2D eigenvalue weighted by atomic mass is 32.1. The molecule has 0 fully saturated rings. The summed E-state index contributed by atoms with van der Waals surface area (Å²) in [6, 6.07) is 8.65. The van der Waals surface area contributed by atoms with E-state index in [9.17, 15) is 0 Å². The van der Waals surface area contributed by atoms with Crippen molar-refractivity contribution in [3.05, 3.63) is 45.6 Å². The van der Waals surface area contributed by atoms with Gasteiger partial charge in [0.15, 0.2) is 0 Å². The summed E-state index contributed by atoms with van der Waals surface area (Å²) < 4.78 is 11.4. The molecule has 0 saturated carbocycles. The fourth-order valence-electron chi connectivity index (χ4n) is 3.49. The van der Waals surface area contributed by atoms with Crippen molar-refractivity contribution in [1.82, 2.24) is 4.90 Å². The summed E-state index contributed by atoms with van der Waals surface area (Å²) >= 11 is 1.86. The van der Waals surface area contributed by atoms with Crippen molar-refractivity contribution < 1.29 is 9.47 Å². The van der Waals surface area contributed by atoms with E-state index in [1.165, 1.54) is 10.4 Å². The van der Waals surface area contributed by atoms with E-state index in [2.05, 4.69) is 48.4 Å². The van der Waals surface area contributed by atoms with Crippen molar-refractivity contribution in [2.24, 2.45) is 0 Å². The van der Waals surface area contributed by atoms with Crippen LogP contribution in [-0.4, -0.2) is 38.3 Å². The molecule has 1 aliphatic heterocycles. The lowest BCUT2D eigenvalue weighted by Gasteiger charge is -2.32. The van der Waals surface area contributed by atoms with Crippen LogP contribution in [0.25, 0.3) is 0 Å². The van der Waals surface area contributed by atoms with Gasteiger partial charge in [-0.3, -0.25) is 0 Å². The highest BCUT2D eigenvalue weighted by Crippen LogP contribution is 2.40. The first-order valence-electron chi connectivity index (χ1n) is 8.78. The first-order chi connectivity index (χ1) is 11.7. The second-order valence-electron chi connectivity index (χ2n) is 6.37. The predicted octanol–water partition coefficient (Wildman–Crippen LogP) is 4.50. The van der Waals surface area contributed by atoms with Crippen LogP contribution < -0.4 is 9.47 Å². The van der Waals surface area contributed by atoms with Crippen molar-refractivity contribution in [3.8, 4) is 11.5 Å². The topological polar surface area (TPSA) is 21.7 Å². The zero-order valence-corrected chi connectivity index (χ0v) is 15.7. The predicted molar refractivity (Wildman–Crippen MR) is 101 cm³/mol. The van der Waals surface area contributed by atoms with E-state index >= 15 is 0 Å². The van der Waals surface area contributed by atoms with Gasteiger partial charge in [0.2, 0.25) is 0 Å². The molecule has 2 aromatic rings. The Morgan fingerprint density at radius 2 is 2.21 bits per heavy atom. The lowest BCUT2D eigenvalue weighted by Crippen LogP contribution is -2.32. The number of benzene rings is 1. The zero-order valence-electron chi connectivity index (χ0n) is 14.9. The minimum absolute atomic E-state index is 0.543. The number of rotatable bonds is 7. The largest absolute Gasteiger partial charge is 0.496 e. The van der Waals surface area contributed by atoms with Gasteiger partial charge in [-0.1, -0.05) is 19.1 Å². The Labute approximate surface area is 149 Å². The molecule has 3 rings (SSSR count). The molecule has 1 aromatic carbocycles. The summed E-state index contributed by atoms with van der Waals surface area (Å²) in [5, 5.41) is 2.16. The van der Waals surface area contributed by atoms with Crippen molar-refractivity contribution in [3.63, 3.8) is 0 Å². The molecule has 0 aliphatic carbocycles.